The summed E-state index contributed by atoms with van der Waals surface area (Å²) >= 11 is 0. The zero-order chi connectivity index (χ0) is 22.8. The number of carbonyl (C=O) groups excluding carboxylic acids is 2. The number of esters is 1. The van der Waals surface area contributed by atoms with E-state index < -0.39 is 5.97 Å². The summed E-state index contributed by atoms with van der Waals surface area (Å²) in [6, 6.07) is 12.9. The predicted molar refractivity (Wildman–Crippen MR) is 123 cm³/mol. The van der Waals surface area contributed by atoms with Gasteiger partial charge in [-0.1, -0.05) is 25.3 Å². The fourth-order valence-electron chi connectivity index (χ4n) is 3.75. The molecule has 0 saturated heterocycles. The van der Waals surface area contributed by atoms with E-state index in [0.717, 1.165) is 12.1 Å². The number of carbonyl (C=O) groups is 2. The molecule has 0 unspecified atom stereocenters. The van der Waals surface area contributed by atoms with Crippen LogP contribution in [0.5, 0.6) is 11.5 Å². The first-order valence-corrected chi connectivity index (χ1v) is 11.2. The number of rotatable bonds is 10. The third-order valence-corrected chi connectivity index (χ3v) is 5.47. The van der Waals surface area contributed by atoms with Gasteiger partial charge in [-0.05, 0) is 61.7 Å². The van der Waals surface area contributed by atoms with Crippen molar-refractivity contribution in [1.29, 1.82) is 0 Å². The van der Waals surface area contributed by atoms with Gasteiger partial charge in [0, 0.05) is 18.3 Å². The molecule has 0 spiro atoms. The van der Waals surface area contributed by atoms with Gasteiger partial charge in [-0.3, -0.25) is 4.79 Å². The molecule has 1 saturated carbocycles. The normalized spacial score (nSPS) is 13.9. The van der Waals surface area contributed by atoms with E-state index in [4.69, 9.17) is 14.2 Å². The average Bonchev–Trinajstić information content (AvgIpc) is 2.83. The molecule has 0 aliphatic heterocycles. The Hall–Kier alpha value is -3.06. The van der Waals surface area contributed by atoms with Crippen LogP contribution >= 0.6 is 0 Å². The highest BCUT2D eigenvalue weighted by Gasteiger charge is 2.14. The van der Waals surface area contributed by atoms with Crippen molar-refractivity contribution in [2.75, 3.05) is 25.6 Å². The summed E-state index contributed by atoms with van der Waals surface area (Å²) < 4.78 is 16.1. The van der Waals surface area contributed by atoms with Crippen LogP contribution in [0.25, 0.3) is 0 Å². The van der Waals surface area contributed by atoms with Crippen LogP contribution in [0, 0.1) is 0 Å². The average molecular weight is 441 g/mol. The molecule has 0 aromatic heterocycles. The molecule has 0 heterocycles. The van der Waals surface area contributed by atoms with E-state index in [1.165, 1.54) is 32.1 Å². The minimum absolute atomic E-state index is 0.157. The largest absolute Gasteiger partial charge is 0.493 e. The molecule has 0 atom stereocenters. The highest BCUT2D eigenvalue weighted by Crippen LogP contribution is 2.28. The second-order valence-electron chi connectivity index (χ2n) is 7.84. The van der Waals surface area contributed by atoms with Gasteiger partial charge in [-0.25, -0.2) is 4.79 Å². The summed E-state index contributed by atoms with van der Waals surface area (Å²) in [6.45, 7) is 2.69. The van der Waals surface area contributed by atoms with Gasteiger partial charge in [0.1, 0.15) is 0 Å². The molecule has 0 radical (unpaired) electrons. The van der Waals surface area contributed by atoms with Crippen molar-refractivity contribution >= 4 is 17.6 Å². The first-order chi connectivity index (χ1) is 15.6. The van der Waals surface area contributed by atoms with Crippen LogP contribution < -0.4 is 20.1 Å². The number of ether oxygens (including phenoxy) is 3. The summed E-state index contributed by atoms with van der Waals surface area (Å²) in [5, 5.41) is 6.36. The summed E-state index contributed by atoms with van der Waals surface area (Å²) in [5.41, 5.74) is 2.12. The van der Waals surface area contributed by atoms with E-state index in [1.807, 2.05) is 18.2 Å². The van der Waals surface area contributed by atoms with E-state index >= 15 is 0 Å². The SMILES string of the molecule is CCOC(=O)c1ccc(NC(=O)COc2ccc(CNC3CCCCC3)cc2OC)cc1. The van der Waals surface area contributed by atoms with E-state index in [0.29, 0.717) is 35.4 Å². The van der Waals surface area contributed by atoms with Crippen molar-refractivity contribution in [3.63, 3.8) is 0 Å². The zero-order valence-corrected chi connectivity index (χ0v) is 18.8. The Morgan fingerprint density at radius 2 is 1.75 bits per heavy atom. The third kappa shape index (κ3) is 6.99. The van der Waals surface area contributed by atoms with Crippen LogP contribution in [0.1, 0.15) is 54.9 Å². The number of anilines is 1. The number of amides is 1. The minimum Gasteiger partial charge on any atom is -0.493 e. The van der Waals surface area contributed by atoms with Gasteiger partial charge in [0.15, 0.2) is 18.1 Å². The molecule has 172 valence electrons. The lowest BCUT2D eigenvalue weighted by atomic mass is 9.95. The maximum absolute atomic E-state index is 12.3. The second kappa shape index (κ2) is 12.1. The first kappa shape index (κ1) is 23.6. The molecule has 1 amide bonds. The minimum atomic E-state index is -0.391. The summed E-state index contributed by atoms with van der Waals surface area (Å²) in [4.78, 5) is 24.0. The van der Waals surface area contributed by atoms with Gasteiger partial charge >= 0.3 is 5.97 Å². The topological polar surface area (TPSA) is 85.9 Å². The summed E-state index contributed by atoms with van der Waals surface area (Å²) in [5.74, 6) is 0.415. The van der Waals surface area contributed by atoms with Gasteiger partial charge in [0.25, 0.3) is 5.91 Å². The number of hydrogen-bond donors (Lipinski definition) is 2. The van der Waals surface area contributed by atoms with Crippen molar-refractivity contribution in [2.45, 2.75) is 51.6 Å². The Labute approximate surface area is 189 Å². The molecule has 32 heavy (non-hydrogen) atoms. The van der Waals surface area contributed by atoms with Gasteiger partial charge in [0.05, 0.1) is 19.3 Å². The highest BCUT2D eigenvalue weighted by molar-refractivity contribution is 5.93. The Balaban J connectivity index is 1.49. The fourth-order valence-corrected chi connectivity index (χ4v) is 3.75. The maximum Gasteiger partial charge on any atom is 0.338 e. The Morgan fingerprint density at radius 3 is 2.44 bits per heavy atom. The molecule has 3 rings (SSSR count). The maximum atomic E-state index is 12.3. The van der Waals surface area contributed by atoms with Crippen LogP contribution in [0.15, 0.2) is 42.5 Å². The number of nitrogens with one attached hydrogen (secondary N) is 2. The molecule has 7 nitrogen and oxygen atoms in total. The predicted octanol–water partition coefficient (Wildman–Crippen LogP) is 4.31. The lowest BCUT2D eigenvalue weighted by Crippen LogP contribution is -2.30. The molecule has 7 heteroatoms. The number of methoxy groups -OCH3 is 1. The molecule has 2 N–H and O–H groups in total. The first-order valence-electron chi connectivity index (χ1n) is 11.2. The Morgan fingerprint density at radius 1 is 1.00 bits per heavy atom. The van der Waals surface area contributed by atoms with E-state index in [2.05, 4.69) is 10.6 Å². The quantitative estimate of drug-likeness (QED) is 0.536. The fraction of sp³-hybridized carbons (Fsp3) is 0.440. The Kier molecular flexibility index (Phi) is 8.92. The van der Waals surface area contributed by atoms with Crippen molar-refractivity contribution in [3.05, 3.63) is 53.6 Å². The lowest BCUT2D eigenvalue weighted by Gasteiger charge is -2.23. The summed E-state index contributed by atoms with van der Waals surface area (Å²) in [7, 11) is 1.59. The number of hydrogen-bond acceptors (Lipinski definition) is 6. The van der Waals surface area contributed by atoms with E-state index in [-0.39, 0.29) is 12.5 Å². The van der Waals surface area contributed by atoms with Crippen molar-refractivity contribution < 1.29 is 23.8 Å². The Bertz CT molecular complexity index is 892. The molecule has 1 fully saturated rings. The molecule has 1 aliphatic carbocycles. The lowest BCUT2D eigenvalue weighted by molar-refractivity contribution is -0.118. The van der Waals surface area contributed by atoms with Crippen LogP contribution in [0.2, 0.25) is 0 Å². The summed E-state index contributed by atoms with van der Waals surface area (Å²) in [6.07, 6.45) is 6.40. The molecular formula is C25H32N2O5. The second-order valence-corrected chi connectivity index (χ2v) is 7.84. The molecule has 2 aromatic carbocycles. The van der Waals surface area contributed by atoms with Gasteiger partial charge in [0.2, 0.25) is 0 Å². The third-order valence-electron chi connectivity index (χ3n) is 5.47. The van der Waals surface area contributed by atoms with Crippen molar-refractivity contribution in [1.82, 2.24) is 5.32 Å². The van der Waals surface area contributed by atoms with Gasteiger partial charge in [-0.2, -0.15) is 0 Å². The van der Waals surface area contributed by atoms with Crippen LogP contribution in [0.3, 0.4) is 0 Å². The van der Waals surface area contributed by atoms with Crippen molar-refractivity contribution in [3.8, 4) is 11.5 Å². The monoisotopic (exact) mass is 440 g/mol. The van der Waals surface area contributed by atoms with Gasteiger partial charge in [-0.15, -0.1) is 0 Å². The molecule has 2 aromatic rings. The standard InChI is InChI=1S/C25H32N2O5/c1-3-31-25(29)19-10-12-21(13-11-19)27-24(28)17-32-22-14-9-18(15-23(22)30-2)16-26-20-7-5-4-6-8-20/h9-15,20,26H,3-8,16-17H2,1-2H3,(H,27,28). The van der Waals surface area contributed by atoms with Crippen LogP contribution in [-0.4, -0.2) is 38.2 Å². The number of benzene rings is 2. The smallest absolute Gasteiger partial charge is 0.338 e. The molecule has 0 bridgehead atoms. The van der Waals surface area contributed by atoms with Gasteiger partial charge < -0.3 is 24.8 Å². The van der Waals surface area contributed by atoms with E-state index in [9.17, 15) is 9.59 Å². The van der Waals surface area contributed by atoms with E-state index in [1.54, 1.807) is 38.3 Å². The van der Waals surface area contributed by atoms with Crippen LogP contribution in [0.4, 0.5) is 5.69 Å². The van der Waals surface area contributed by atoms with Crippen molar-refractivity contribution in [2.24, 2.45) is 0 Å². The molecular weight excluding hydrogens is 408 g/mol. The highest BCUT2D eigenvalue weighted by atomic mass is 16.5. The zero-order valence-electron chi connectivity index (χ0n) is 18.8. The van der Waals surface area contributed by atoms with Crippen LogP contribution in [-0.2, 0) is 16.1 Å². The molecule has 1 aliphatic rings.